The van der Waals surface area contributed by atoms with Crippen LogP contribution in [0.2, 0.25) is 0 Å². The minimum absolute atomic E-state index is 0.0804. The Hall–Kier alpha value is -2.89. The Balaban J connectivity index is 1.28. The number of ether oxygens (including phenoxy) is 6. The fourth-order valence-corrected chi connectivity index (χ4v) is 4.82. The molecule has 2 unspecified atom stereocenters. The largest absolute Gasteiger partial charge is 0.497 e. The lowest BCUT2D eigenvalue weighted by Crippen LogP contribution is -2.61. The van der Waals surface area contributed by atoms with Crippen LogP contribution in [0.25, 0.3) is 0 Å². The third-order valence-corrected chi connectivity index (χ3v) is 7.27. The lowest BCUT2D eigenvalue weighted by Gasteiger charge is -2.41. The van der Waals surface area contributed by atoms with E-state index in [4.69, 9.17) is 28.4 Å². The number of Topliss-reactive ketones (excluding diaryl/α,β-unsaturated/α-hetero) is 1. The average Bonchev–Trinajstić information content (AvgIpc) is 2.98. The van der Waals surface area contributed by atoms with Crippen LogP contribution in [0.1, 0.15) is 22.0 Å². The van der Waals surface area contributed by atoms with Crippen LogP contribution in [-0.2, 0) is 14.2 Å². The smallest absolute Gasteiger partial charge is 0.229 e. The van der Waals surface area contributed by atoms with E-state index in [1.165, 1.54) is 25.3 Å². The molecule has 0 saturated carbocycles. The van der Waals surface area contributed by atoms with Crippen LogP contribution in [0.5, 0.6) is 17.2 Å². The molecular formula is C27H32O14. The summed E-state index contributed by atoms with van der Waals surface area (Å²) in [6, 6.07) is 10.8. The number of hydrogen-bond donors (Lipinski definition) is 7. The zero-order chi connectivity index (χ0) is 29.4. The number of aliphatic hydroxyl groups excluding tert-OH is 7. The van der Waals surface area contributed by atoms with E-state index >= 15 is 0 Å². The topological polar surface area (TPSA) is 214 Å². The van der Waals surface area contributed by atoms with Crippen LogP contribution in [0, 0.1) is 0 Å². The van der Waals surface area contributed by atoms with Gasteiger partial charge in [-0.2, -0.15) is 0 Å². The first-order valence-corrected chi connectivity index (χ1v) is 12.9. The van der Waals surface area contributed by atoms with Crippen molar-refractivity contribution < 1.29 is 69.0 Å². The molecule has 2 aromatic carbocycles. The van der Waals surface area contributed by atoms with E-state index < -0.39 is 79.9 Å². The van der Waals surface area contributed by atoms with Gasteiger partial charge in [-0.05, 0) is 29.8 Å². The molecule has 0 radical (unpaired) electrons. The molecule has 224 valence electrons. The standard InChI is InChI=1S/C27H32O14/c1-36-12-4-2-11(3-5-12)25-22(33)18(29)14-7-6-13(8-16(14)40-25)39-27-24(35)21(32)20(31)17(41-27)10-38-26-23(34)19(30)15(28)9-37-26/h2-8,15,17,19-28,30-35H,9-10H2,1H3/t15-,17-,19+,20-,21+,22?,23-,24-,25?,26+,27-/m1/s1. The second-order valence-electron chi connectivity index (χ2n) is 9.99. The normalized spacial score (nSPS) is 37.2. The van der Waals surface area contributed by atoms with Gasteiger partial charge in [0, 0.05) is 6.07 Å². The Labute approximate surface area is 233 Å². The van der Waals surface area contributed by atoms with Crippen molar-refractivity contribution in [2.24, 2.45) is 0 Å². The van der Waals surface area contributed by atoms with E-state index in [0.717, 1.165) is 0 Å². The number of carbonyl (C=O) groups is 1. The van der Waals surface area contributed by atoms with Crippen molar-refractivity contribution in [1.82, 2.24) is 0 Å². The van der Waals surface area contributed by atoms with Crippen LogP contribution in [0.15, 0.2) is 42.5 Å². The average molecular weight is 581 g/mol. The second-order valence-corrected chi connectivity index (χ2v) is 9.99. The lowest BCUT2D eigenvalue weighted by atomic mass is 9.93. The van der Waals surface area contributed by atoms with Gasteiger partial charge in [-0.15, -0.1) is 0 Å². The molecular weight excluding hydrogens is 548 g/mol. The van der Waals surface area contributed by atoms with Crippen LogP contribution >= 0.6 is 0 Å². The molecule has 5 rings (SSSR count). The number of hydrogen-bond acceptors (Lipinski definition) is 14. The molecule has 0 bridgehead atoms. The van der Waals surface area contributed by atoms with Gasteiger partial charge in [0.05, 0.1) is 25.9 Å². The van der Waals surface area contributed by atoms with Crippen molar-refractivity contribution in [2.45, 2.75) is 67.5 Å². The molecule has 7 N–H and O–H groups in total. The van der Waals surface area contributed by atoms with Crippen LogP contribution in [-0.4, -0.2) is 123 Å². The number of ketones is 1. The monoisotopic (exact) mass is 580 g/mol. The SMILES string of the molecule is COc1ccc(C2Oc3cc(O[C@@H]4O[C@H](CO[C@@H]5OC[C@@H](O)[C@H](O)[C@H]5O)[C@@H](O)[C@H](O)[C@H]4O)ccc3C(=O)C2O)cc1. The summed E-state index contributed by atoms with van der Waals surface area (Å²) in [7, 11) is 1.51. The highest BCUT2D eigenvalue weighted by Gasteiger charge is 2.46. The predicted molar refractivity (Wildman–Crippen MR) is 134 cm³/mol. The van der Waals surface area contributed by atoms with E-state index in [2.05, 4.69) is 0 Å². The van der Waals surface area contributed by atoms with E-state index in [1.54, 1.807) is 24.3 Å². The summed E-state index contributed by atoms with van der Waals surface area (Å²) in [5.74, 6) is 0.209. The van der Waals surface area contributed by atoms with Gasteiger partial charge < -0.3 is 64.2 Å². The first-order valence-electron chi connectivity index (χ1n) is 12.9. The van der Waals surface area contributed by atoms with Gasteiger partial charge in [-0.1, -0.05) is 12.1 Å². The molecule has 0 aliphatic carbocycles. The van der Waals surface area contributed by atoms with Crippen molar-refractivity contribution in [3.8, 4) is 17.2 Å². The van der Waals surface area contributed by atoms with Crippen LogP contribution in [0.3, 0.4) is 0 Å². The molecule has 2 aromatic rings. The number of benzene rings is 2. The molecule has 3 aliphatic rings. The van der Waals surface area contributed by atoms with Gasteiger partial charge in [0.1, 0.15) is 60.0 Å². The van der Waals surface area contributed by atoms with Gasteiger partial charge in [-0.3, -0.25) is 4.79 Å². The third-order valence-electron chi connectivity index (χ3n) is 7.27. The summed E-state index contributed by atoms with van der Waals surface area (Å²) in [4.78, 5) is 12.9. The first kappa shape index (κ1) is 29.6. The lowest BCUT2D eigenvalue weighted by molar-refractivity contribution is -0.307. The molecule has 11 atom stereocenters. The molecule has 14 heteroatoms. The molecule has 3 heterocycles. The zero-order valence-corrected chi connectivity index (χ0v) is 21.8. The quantitative estimate of drug-likeness (QED) is 0.189. The number of rotatable bonds is 7. The van der Waals surface area contributed by atoms with Gasteiger partial charge >= 0.3 is 0 Å². The number of fused-ring (bicyclic) bond motifs is 1. The summed E-state index contributed by atoms with van der Waals surface area (Å²) < 4.78 is 33.0. The van der Waals surface area contributed by atoms with Gasteiger partial charge in [-0.25, -0.2) is 0 Å². The second kappa shape index (κ2) is 12.1. The molecule has 41 heavy (non-hydrogen) atoms. The van der Waals surface area contributed by atoms with Gasteiger partial charge in [0.15, 0.2) is 24.3 Å². The molecule has 0 aromatic heterocycles. The fraction of sp³-hybridized carbons (Fsp3) is 0.519. The van der Waals surface area contributed by atoms with Crippen molar-refractivity contribution in [1.29, 1.82) is 0 Å². The predicted octanol–water partition coefficient (Wildman–Crippen LogP) is -1.99. The third kappa shape index (κ3) is 5.89. The molecule has 0 amide bonds. The van der Waals surface area contributed by atoms with Crippen molar-refractivity contribution in [3.05, 3.63) is 53.6 Å². The van der Waals surface area contributed by atoms with Crippen molar-refractivity contribution in [3.63, 3.8) is 0 Å². The highest BCUT2D eigenvalue weighted by atomic mass is 16.7. The van der Waals surface area contributed by atoms with E-state index in [-0.39, 0.29) is 23.7 Å². The summed E-state index contributed by atoms with van der Waals surface area (Å²) in [6.45, 7) is -0.748. The first-order chi connectivity index (χ1) is 19.6. The number of aliphatic hydroxyl groups is 7. The Bertz CT molecular complexity index is 1210. The molecule has 2 fully saturated rings. The highest BCUT2D eigenvalue weighted by Crippen LogP contribution is 2.38. The maximum Gasteiger partial charge on any atom is 0.229 e. The van der Waals surface area contributed by atoms with Crippen LogP contribution < -0.4 is 14.2 Å². The van der Waals surface area contributed by atoms with Gasteiger partial charge in [0.2, 0.25) is 6.29 Å². The zero-order valence-electron chi connectivity index (χ0n) is 21.8. The summed E-state index contributed by atoms with van der Waals surface area (Å²) in [5.41, 5.74) is 0.642. The maximum absolute atomic E-state index is 12.9. The Morgan fingerprint density at radius 2 is 1.51 bits per heavy atom. The van der Waals surface area contributed by atoms with Crippen molar-refractivity contribution in [2.75, 3.05) is 20.3 Å². The maximum atomic E-state index is 12.9. The fourth-order valence-electron chi connectivity index (χ4n) is 4.82. The summed E-state index contributed by atoms with van der Waals surface area (Å²) in [6.07, 6.45) is -16.0. The number of methoxy groups -OCH3 is 1. The Morgan fingerprint density at radius 1 is 0.829 bits per heavy atom. The Kier molecular flexibility index (Phi) is 8.77. The van der Waals surface area contributed by atoms with E-state index in [0.29, 0.717) is 11.3 Å². The highest BCUT2D eigenvalue weighted by molar-refractivity contribution is 6.03. The van der Waals surface area contributed by atoms with Crippen molar-refractivity contribution >= 4 is 5.78 Å². The van der Waals surface area contributed by atoms with Crippen LogP contribution in [0.4, 0.5) is 0 Å². The molecule has 0 spiro atoms. The minimum atomic E-state index is -1.71. The number of carbonyl (C=O) groups excluding carboxylic acids is 1. The molecule has 3 aliphatic heterocycles. The summed E-state index contributed by atoms with van der Waals surface area (Å²) in [5, 5.41) is 71.4. The van der Waals surface area contributed by atoms with E-state index in [9.17, 15) is 40.5 Å². The molecule has 14 nitrogen and oxygen atoms in total. The Morgan fingerprint density at radius 3 is 2.22 bits per heavy atom. The molecule has 2 saturated heterocycles. The van der Waals surface area contributed by atoms with E-state index in [1.807, 2.05) is 0 Å². The summed E-state index contributed by atoms with van der Waals surface area (Å²) >= 11 is 0. The minimum Gasteiger partial charge on any atom is -0.497 e. The van der Waals surface area contributed by atoms with Gasteiger partial charge in [0.25, 0.3) is 0 Å².